The molecule has 5 nitrogen and oxygen atoms in total. The predicted octanol–water partition coefficient (Wildman–Crippen LogP) is 0.827. The van der Waals surface area contributed by atoms with E-state index < -0.39 is 10.0 Å². The van der Waals surface area contributed by atoms with E-state index in [2.05, 4.69) is 26.2 Å². The molecule has 0 spiro atoms. The van der Waals surface area contributed by atoms with Crippen molar-refractivity contribution in [2.45, 2.75) is 17.4 Å². The fourth-order valence-corrected chi connectivity index (χ4v) is 3.74. The summed E-state index contributed by atoms with van der Waals surface area (Å²) < 4.78 is 26.7. The van der Waals surface area contributed by atoms with E-state index in [1.54, 1.807) is 19.3 Å². The predicted molar refractivity (Wildman–Crippen MR) is 68.2 cm³/mol. The number of hydrogen-bond donors (Lipinski definition) is 1. The number of halogens is 1. The van der Waals surface area contributed by atoms with Crippen LogP contribution in [0.1, 0.15) is 6.42 Å². The molecule has 1 N–H and O–H groups in total. The normalized spacial score (nSPS) is 21.0. The summed E-state index contributed by atoms with van der Waals surface area (Å²) in [6.45, 7) is 1.57. The number of aromatic nitrogens is 1. The van der Waals surface area contributed by atoms with E-state index in [-0.39, 0.29) is 10.9 Å². The van der Waals surface area contributed by atoms with Gasteiger partial charge in [-0.15, -0.1) is 0 Å². The van der Waals surface area contributed by atoms with Crippen molar-refractivity contribution in [1.29, 1.82) is 0 Å². The van der Waals surface area contributed by atoms with Crippen LogP contribution in [0.4, 0.5) is 0 Å². The van der Waals surface area contributed by atoms with Gasteiger partial charge in [-0.2, -0.15) is 4.31 Å². The first-order valence-corrected chi connectivity index (χ1v) is 7.54. The Kier molecular flexibility index (Phi) is 3.82. The van der Waals surface area contributed by atoms with Crippen molar-refractivity contribution in [3.05, 3.63) is 22.9 Å². The Morgan fingerprint density at radius 1 is 1.53 bits per heavy atom. The number of pyridine rings is 1. The summed E-state index contributed by atoms with van der Waals surface area (Å²) in [5.41, 5.74) is 0. The first kappa shape index (κ1) is 12.9. The first-order chi connectivity index (χ1) is 8.01. The largest absolute Gasteiger partial charge is 0.315 e. The van der Waals surface area contributed by atoms with Gasteiger partial charge in [0.05, 0.1) is 0 Å². The van der Waals surface area contributed by atoms with Gasteiger partial charge < -0.3 is 5.32 Å². The molecule has 1 unspecified atom stereocenters. The highest BCUT2D eigenvalue weighted by Crippen LogP contribution is 2.21. The molecule has 2 heterocycles. The van der Waals surface area contributed by atoms with Gasteiger partial charge in [0.1, 0.15) is 4.90 Å². The molecule has 1 aliphatic heterocycles. The molecule has 94 valence electrons. The molecule has 0 saturated carbocycles. The van der Waals surface area contributed by atoms with Gasteiger partial charge in [-0.3, -0.25) is 4.98 Å². The van der Waals surface area contributed by atoms with Crippen molar-refractivity contribution < 1.29 is 8.42 Å². The monoisotopic (exact) mass is 319 g/mol. The summed E-state index contributed by atoms with van der Waals surface area (Å²) >= 11 is 3.23. The summed E-state index contributed by atoms with van der Waals surface area (Å²) in [5, 5.41) is 3.16. The summed E-state index contributed by atoms with van der Waals surface area (Å²) in [6.07, 6.45) is 3.78. The second-order valence-electron chi connectivity index (χ2n) is 4.01. The number of sulfonamides is 1. The van der Waals surface area contributed by atoms with Gasteiger partial charge in [-0.25, -0.2) is 8.42 Å². The molecule has 0 aliphatic carbocycles. The maximum absolute atomic E-state index is 12.3. The van der Waals surface area contributed by atoms with Crippen LogP contribution in [0.2, 0.25) is 0 Å². The van der Waals surface area contributed by atoms with Crippen molar-refractivity contribution in [2.24, 2.45) is 0 Å². The van der Waals surface area contributed by atoms with Gasteiger partial charge in [0, 0.05) is 36.5 Å². The van der Waals surface area contributed by atoms with Gasteiger partial charge in [-0.05, 0) is 35.0 Å². The molecule has 7 heteroatoms. The summed E-state index contributed by atoms with van der Waals surface area (Å²) in [4.78, 5) is 4.11. The van der Waals surface area contributed by atoms with Gasteiger partial charge in [-0.1, -0.05) is 0 Å². The number of nitrogens with one attached hydrogen (secondary N) is 1. The number of rotatable bonds is 3. The Labute approximate surface area is 109 Å². The molecule has 1 atom stereocenters. The van der Waals surface area contributed by atoms with Crippen LogP contribution in [0, 0.1) is 0 Å². The SMILES string of the molecule is CN(C1CCNC1)S(=O)(=O)c1cncc(Br)c1. The van der Waals surface area contributed by atoms with E-state index in [9.17, 15) is 8.42 Å². The van der Waals surface area contributed by atoms with Gasteiger partial charge in [0.15, 0.2) is 0 Å². The van der Waals surface area contributed by atoms with Crippen LogP contribution in [0.3, 0.4) is 0 Å². The van der Waals surface area contributed by atoms with Crippen molar-refractivity contribution >= 4 is 26.0 Å². The maximum Gasteiger partial charge on any atom is 0.244 e. The second-order valence-corrected chi connectivity index (χ2v) is 6.92. The third-order valence-electron chi connectivity index (χ3n) is 2.91. The third kappa shape index (κ3) is 2.67. The van der Waals surface area contributed by atoms with Crippen molar-refractivity contribution in [2.75, 3.05) is 20.1 Å². The fourth-order valence-electron chi connectivity index (χ4n) is 1.85. The average molecular weight is 320 g/mol. The van der Waals surface area contributed by atoms with Crippen molar-refractivity contribution in [1.82, 2.24) is 14.6 Å². The van der Waals surface area contributed by atoms with Crippen LogP contribution in [0.15, 0.2) is 27.8 Å². The Morgan fingerprint density at radius 3 is 2.88 bits per heavy atom. The van der Waals surface area contributed by atoms with Crippen LogP contribution >= 0.6 is 15.9 Å². The highest BCUT2D eigenvalue weighted by atomic mass is 79.9. The van der Waals surface area contributed by atoms with E-state index in [0.717, 1.165) is 13.0 Å². The fraction of sp³-hybridized carbons (Fsp3) is 0.500. The standard InChI is InChI=1S/C10H14BrN3O2S/c1-14(9-2-3-12-6-9)17(15,16)10-4-8(11)5-13-7-10/h4-5,7,9,12H,2-3,6H2,1H3. The van der Waals surface area contributed by atoms with E-state index >= 15 is 0 Å². The van der Waals surface area contributed by atoms with Crippen LogP contribution < -0.4 is 5.32 Å². The Balaban J connectivity index is 2.29. The number of likely N-dealkylation sites (N-methyl/N-ethyl adjacent to an activating group) is 1. The van der Waals surface area contributed by atoms with Gasteiger partial charge >= 0.3 is 0 Å². The average Bonchev–Trinajstić information content (AvgIpc) is 2.81. The smallest absolute Gasteiger partial charge is 0.244 e. The van der Waals surface area contributed by atoms with Crippen molar-refractivity contribution in [3.8, 4) is 0 Å². The van der Waals surface area contributed by atoms with E-state index in [0.29, 0.717) is 11.0 Å². The summed E-state index contributed by atoms with van der Waals surface area (Å²) in [5.74, 6) is 0. The Morgan fingerprint density at radius 2 is 2.29 bits per heavy atom. The molecule has 1 aromatic heterocycles. The highest BCUT2D eigenvalue weighted by Gasteiger charge is 2.30. The van der Waals surface area contributed by atoms with Gasteiger partial charge in [0.2, 0.25) is 10.0 Å². The minimum absolute atomic E-state index is 0.0268. The third-order valence-corrected chi connectivity index (χ3v) is 5.21. The highest BCUT2D eigenvalue weighted by molar-refractivity contribution is 9.10. The zero-order valence-corrected chi connectivity index (χ0v) is 11.8. The van der Waals surface area contributed by atoms with Crippen LogP contribution in [0.5, 0.6) is 0 Å². The molecule has 1 saturated heterocycles. The lowest BCUT2D eigenvalue weighted by Gasteiger charge is -2.22. The maximum atomic E-state index is 12.3. The zero-order valence-electron chi connectivity index (χ0n) is 9.43. The lowest BCUT2D eigenvalue weighted by molar-refractivity contribution is 0.387. The Hall–Kier alpha value is -0.500. The summed E-state index contributed by atoms with van der Waals surface area (Å²) in [6, 6.07) is 1.60. The minimum atomic E-state index is -3.44. The molecular weight excluding hydrogens is 306 g/mol. The molecule has 1 aliphatic rings. The Bertz CT molecular complexity index is 500. The summed E-state index contributed by atoms with van der Waals surface area (Å²) in [7, 11) is -1.83. The van der Waals surface area contributed by atoms with Crippen LogP contribution in [-0.4, -0.2) is 43.9 Å². The second kappa shape index (κ2) is 5.01. The van der Waals surface area contributed by atoms with E-state index in [1.807, 2.05) is 0 Å². The first-order valence-electron chi connectivity index (χ1n) is 5.31. The molecule has 1 fully saturated rings. The topological polar surface area (TPSA) is 62.3 Å². The number of nitrogens with zero attached hydrogens (tertiary/aromatic N) is 2. The van der Waals surface area contributed by atoms with E-state index in [1.165, 1.54) is 10.5 Å². The molecule has 2 rings (SSSR count). The molecular formula is C10H14BrN3O2S. The molecule has 0 radical (unpaired) electrons. The molecule has 0 aromatic carbocycles. The molecule has 0 bridgehead atoms. The minimum Gasteiger partial charge on any atom is -0.315 e. The molecule has 1 aromatic rings. The van der Waals surface area contributed by atoms with E-state index in [4.69, 9.17) is 0 Å². The molecule has 17 heavy (non-hydrogen) atoms. The van der Waals surface area contributed by atoms with Crippen LogP contribution in [0.25, 0.3) is 0 Å². The quantitative estimate of drug-likeness (QED) is 0.896. The lowest BCUT2D eigenvalue weighted by atomic mass is 10.3. The van der Waals surface area contributed by atoms with Crippen LogP contribution in [-0.2, 0) is 10.0 Å². The van der Waals surface area contributed by atoms with Crippen molar-refractivity contribution in [3.63, 3.8) is 0 Å². The van der Waals surface area contributed by atoms with Gasteiger partial charge in [0.25, 0.3) is 0 Å². The molecule has 0 amide bonds. The number of hydrogen-bond acceptors (Lipinski definition) is 4. The lowest BCUT2D eigenvalue weighted by Crippen LogP contribution is -2.38. The zero-order chi connectivity index (χ0) is 12.5.